The standard InChI is InChI=1S/C20H20N4O4/c1-3-27-17-6-7-21-19-18(17)24(20(25)23-19)14-4-5-16-13(10-14)11-15(12-22-16)28-9-8-26-2/h4-7,10-12H,3,8-9H2,1-2H3,(H,21,23,25). The molecular weight excluding hydrogens is 360 g/mol. The zero-order chi connectivity index (χ0) is 19.5. The lowest BCUT2D eigenvalue weighted by Crippen LogP contribution is -2.15. The maximum atomic E-state index is 12.6. The number of pyridine rings is 2. The van der Waals surface area contributed by atoms with Crippen LogP contribution in [0.2, 0.25) is 0 Å². The Labute approximate surface area is 160 Å². The molecule has 8 heteroatoms. The molecule has 0 unspecified atom stereocenters. The third-order valence-corrected chi connectivity index (χ3v) is 4.29. The second-order valence-electron chi connectivity index (χ2n) is 6.09. The smallest absolute Gasteiger partial charge is 0.332 e. The van der Waals surface area contributed by atoms with Crippen LogP contribution in [0.4, 0.5) is 0 Å². The number of hydrogen-bond acceptors (Lipinski definition) is 6. The van der Waals surface area contributed by atoms with Crippen molar-refractivity contribution >= 4 is 22.1 Å². The van der Waals surface area contributed by atoms with Gasteiger partial charge in [-0.15, -0.1) is 0 Å². The number of aromatic amines is 1. The summed E-state index contributed by atoms with van der Waals surface area (Å²) in [6.45, 7) is 3.32. The molecule has 0 radical (unpaired) electrons. The summed E-state index contributed by atoms with van der Waals surface area (Å²) in [5.74, 6) is 1.24. The van der Waals surface area contributed by atoms with E-state index in [1.165, 1.54) is 0 Å². The molecule has 0 amide bonds. The predicted molar refractivity (Wildman–Crippen MR) is 106 cm³/mol. The Kier molecular flexibility index (Phi) is 4.94. The van der Waals surface area contributed by atoms with E-state index < -0.39 is 0 Å². The average molecular weight is 380 g/mol. The Balaban J connectivity index is 1.82. The van der Waals surface area contributed by atoms with E-state index in [0.717, 1.165) is 10.9 Å². The van der Waals surface area contributed by atoms with Gasteiger partial charge in [-0.2, -0.15) is 0 Å². The Morgan fingerprint density at radius 2 is 2.00 bits per heavy atom. The van der Waals surface area contributed by atoms with Gasteiger partial charge in [0.2, 0.25) is 0 Å². The van der Waals surface area contributed by atoms with Gasteiger partial charge in [0.25, 0.3) is 0 Å². The normalized spacial score (nSPS) is 11.2. The fraction of sp³-hybridized carbons (Fsp3) is 0.250. The monoisotopic (exact) mass is 380 g/mol. The van der Waals surface area contributed by atoms with Crippen molar-refractivity contribution in [3.63, 3.8) is 0 Å². The highest BCUT2D eigenvalue weighted by Gasteiger charge is 2.15. The van der Waals surface area contributed by atoms with Crippen molar-refractivity contribution in [2.45, 2.75) is 6.92 Å². The van der Waals surface area contributed by atoms with E-state index in [9.17, 15) is 4.79 Å². The first-order chi connectivity index (χ1) is 13.7. The van der Waals surface area contributed by atoms with Gasteiger partial charge in [-0.3, -0.25) is 14.5 Å². The maximum absolute atomic E-state index is 12.6. The van der Waals surface area contributed by atoms with Gasteiger partial charge in [-0.25, -0.2) is 9.78 Å². The lowest BCUT2D eigenvalue weighted by Gasteiger charge is -2.10. The molecule has 144 valence electrons. The molecule has 0 aliphatic carbocycles. The first-order valence-corrected chi connectivity index (χ1v) is 8.95. The molecule has 0 saturated carbocycles. The van der Waals surface area contributed by atoms with E-state index in [0.29, 0.717) is 48.2 Å². The number of aromatic nitrogens is 4. The Hall–Kier alpha value is -3.39. The second kappa shape index (κ2) is 7.69. The van der Waals surface area contributed by atoms with Crippen LogP contribution in [0, 0.1) is 0 Å². The van der Waals surface area contributed by atoms with Crippen LogP contribution in [0.5, 0.6) is 11.5 Å². The van der Waals surface area contributed by atoms with E-state index in [2.05, 4.69) is 15.0 Å². The summed E-state index contributed by atoms with van der Waals surface area (Å²) in [5.41, 5.74) is 2.29. The molecule has 4 aromatic rings. The van der Waals surface area contributed by atoms with Crippen molar-refractivity contribution < 1.29 is 14.2 Å². The summed E-state index contributed by atoms with van der Waals surface area (Å²) in [4.78, 5) is 24.1. The number of benzene rings is 1. The molecule has 3 heterocycles. The van der Waals surface area contributed by atoms with Crippen LogP contribution in [0.25, 0.3) is 27.8 Å². The molecule has 0 bridgehead atoms. The fourth-order valence-electron chi connectivity index (χ4n) is 3.08. The topological polar surface area (TPSA) is 91.3 Å². The minimum atomic E-state index is -0.283. The zero-order valence-electron chi connectivity index (χ0n) is 15.6. The second-order valence-corrected chi connectivity index (χ2v) is 6.09. The number of ether oxygens (including phenoxy) is 3. The summed E-state index contributed by atoms with van der Waals surface area (Å²) in [5, 5.41) is 0.857. The van der Waals surface area contributed by atoms with Crippen LogP contribution >= 0.6 is 0 Å². The number of H-pyrrole nitrogens is 1. The van der Waals surface area contributed by atoms with Gasteiger partial charge in [-0.1, -0.05) is 0 Å². The zero-order valence-corrected chi connectivity index (χ0v) is 15.6. The van der Waals surface area contributed by atoms with Crippen molar-refractivity contribution in [3.05, 3.63) is 53.2 Å². The van der Waals surface area contributed by atoms with Crippen molar-refractivity contribution in [2.75, 3.05) is 26.9 Å². The lowest BCUT2D eigenvalue weighted by molar-refractivity contribution is 0.146. The van der Waals surface area contributed by atoms with Gasteiger partial charge < -0.3 is 14.2 Å². The molecule has 0 saturated heterocycles. The number of rotatable bonds is 7. The third kappa shape index (κ3) is 3.29. The number of fused-ring (bicyclic) bond motifs is 2. The predicted octanol–water partition coefficient (Wildman–Crippen LogP) is 2.69. The third-order valence-electron chi connectivity index (χ3n) is 4.29. The molecule has 0 fully saturated rings. The number of nitrogens with zero attached hydrogens (tertiary/aromatic N) is 3. The van der Waals surface area contributed by atoms with E-state index in [4.69, 9.17) is 14.2 Å². The summed E-state index contributed by atoms with van der Waals surface area (Å²) in [6.07, 6.45) is 3.29. The van der Waals surface area contributed by atoms with Crippen molar-refractivity contribution in [3.8, 4) is 17.2 Å². The van der Waals surface area contributed by atoms with Gasteiger partial charge in [0, 0.05) is 24.8 Å². The summed E-state index contributed by atoms with van der Waals surface area (Å²) >= 11 is 0. The highest BCUT2D eigenvalue weighted by molar-refractivity contribution is 5.85. The van der Waals surface area contributed by atoms with Crippen LogP contribution in [0.1, 0.15) is 6.92 Å². The SMILES string of the molecule is CCOc1ccnc2[nH]c(=O)n(-c3ccc4ncc(OCCOC)cc4c3)c12. The fourth-order valence-corrected chi connectivity index (χ4v) is 3.08. The molecule has 0 aliphatic heterocycles. The van der Waals surface area contributed by atoms with Crippen molar-refractivity contribution in [1.29, 1.82) is 0 Å². The van der Waals surface area contributed by atoms with E-state index >= 15 is 0 Å². The largest absolute Gasteiger partial charge is 0.491 e. The van der Waals surface area contributed by atoms with Gasteiger partial charge in [-0.05, 0) is 31.2 Å². The van der Waals surface area contributed by atoms with Crippen molar-refractivity contribution in [2.24, 2.45) is 0 Å². The summed E-state index contributed by atoms with van der Waals surface area (Å²) in [6, 6.07) is 9.25. The van der Waals surface area contributed by atoms with Gasteiger partial charge in [0.05, 0.1) is 30.6 Å². The van der Waals surface area contributed by atoms with Gasteiger partial charge in [0.15, 0.2) is 5.65 Å². The summed E-state index contributed by atoms with van der Waals surface area (Å²) in [7, 11) is 1.62. The Morgan fingerprint density at radius 3 is 2.82 bits per heavy atom. The minimum absolute atomic E-state index is 0.283. The summed E-state index contributed by atoms with van der Waals surface area (Å²) < 4.78 is 17.9. The average Bonchev–Trinajstić information content (AvgIpc) is 3.04. The molecule has 0 atom stereocenters. The highest BCUT2D eigenvalue weighted by atomic mass is 16.5. The van der Waals surface area contributed by atoms with Crippen LogP contribution in [-0.2, 0) is 4.74 Å². The van der Waals surface area contributed by atoms with Crippen LogP contribution in [0.15, 0.2) is 47.5 Å². The molecule has 0 aliphatic rings. The van der Waals surface area contributed by atoms with Crippen LogP contribution in [-0.4, -0.2) is 46.4 Å². The van der Waals surface area contributed by atoms with Crippen LogP contribution in [0.3, 0.4) is 0 Å². The van der Waals surface area contributed by atoms with Gasteiger partial charge >= 0.3 is 5.69 Å². The molecule has 4 rings (SSSR count). The lowest BCUT2D eigenvalue weighted by atomic mass is 10.2. The quantitative estimate of drug-likeness (QED) is 0.496. The highest BCUT2D eigenvalue weighted by Crippen LogP contribution is 2.27. The number of methoxy groups -OCH3 is 1. The molecule has 1 aromatic carbocycles. The minimum Gasteiger partial charge on any atom is -0.491 e. The Morgan fingerprint density at radius 1 is 1.11 bits per heavy atom. The number of nitrogens with one attached hydrogen (secondary N) is 1. The molecule has 8 nitrogen and oxygen atoms in total. The number of hydrogen-bond donors (Lipinski definition) is 1. The number of imidazole rings is 1. The van der Waals surface area contributed by atoms with Crippen LogP contribution < -0.4 is 15.2 Å². The molecular formula is C20H20N4O4. The van der Waals surface area contributed by atoms with Crippen molar-refractivity contribution in [1.82, 2.24) is 19.5 Å². The van der Waals surface area contributed by atoms with E-state index in [-0.39, 0.29) is 5.69 Å². The van der Waals surface area contributed by atoms with Gasteiger partial charge in [0.1, 0.15) is 23.6 Å². The molecule has 0 spiro atoms. The first-order valence-electron chi connectivity index (χ1n) is 8.95. The van der Waals surface area contributed by atoms with E-state index in [1.54, 1.807) is 30.1 Å². The molecule has 3 aromatic heterocycles. The first kappa shape index (κ1) is 18.0. The Bertz CT molecular complexity index is 1180. The van der Waals surface area contributed by atoms with E-state index in [1.807, 2.05) is 31.2 Å². The maximum Gasteiger partial charge on any atom is 0.332 e. The molecule has 28 heavy (non-hydrogen) atoms. The molecule has 1 N–H and O–H groups in total.